The summed E-state index contributed by atoms with van der Waals surface area (Å²) in [5, 5.41) is 8.11. The maximum atomic E-state index is 12.5. The van der Waals surface area contributed by atoms with Gasteiger partial charge in [-0.2, -0.15) is 5.10 Å². The number of carbonyl (C=O) groups is 1. The Kier molecular flexibility index (Phi) is 5.09. The molecule has 0 bridgehead atoms. The number of benzene rings is 1. The van der Waals surface area contributed by atoms with E-state index >= 15 is 0 Å². The molecule has 1 fully saturated rings. The van der Waals surface area contributed by atoms with Gasteiger partial charge in [-0.3, -0.25) is 4.79 Å². The Bertz CT molecular complexity index is 1080. The lowest BCUT2D eigenvalue weighted by Crippen LogP contribution is -2.39. The summed E-state index contributed by atoms with van der Waals surface area (Å²) in [5.74, 6) is 0.808. The summed E-state index contributed by atoms with van der Waals surface area (Å²) < 4.78 is 1.73. The number of anilines is 1. The Hall–Kier alpha value is -2.44. The van der Waals surface area contributed by atoms with Gasteiger partial charge in [0.15, 0.2) is 16.6 Å². The number of hydrogen-bond donors (Lipinski definition) is 2. The van der Waals surface area contributed by atoms with Crippen molar-refractivity contribution in [2.24, 2.45) is 11.7 Å². The van der Waals surface area contributed by atoms with Gasteiger partial charge in [-0.1, -0.05) is 23.7 Å². The highest BCUT2D eigenvalue weighted by Gasteiger charge is 2.25. The number of rotatable bonds is 7. The zero-order chi connectivity index (χ0) is 20.8. The molecule has 3 N–H and O–H groups in total. The van der Waals surface area contributed by atoms with E-state index in [0.717, 1.165) is 28.1 Å². The van der Waals surface area contributed by atoms with Crippen molar-refractivity contribution in [1.29, 1.82) is 0 Å². The number of hydrogen-bond acceptors (Lipinski definition) is 5. The van der Waals surface area contributed by atoms with Gasteiger partial charge in [0.05, 0.1) is 17.6 Å². The lowest BCUT2D eigenvalue weighted by atomic mass is 9.98. The monoisotopic (exact) mass is 411 g/mol. The van der Waals surface area contributed by atoms with E-state index in [0.29, 0.717) is 29.7 Å². The van der Waals surface area contributed by atoms with Crippen LogP contribution in [-0.4, -0.2) is 32.5 Å². The number of halogens is 1. The third kappa shape index (κ3) is 4.43. The number of nitrogens with two attached hydrogens (primary N) is 1. The summed E-state index contributed by atoms with van der Waals surface area (Å²) >= 11 is 6.27. The number of carbonyl (C=O) groups excluding carboxylic acids is 1. The highest BCUT2D eigenvalue weighted by atomic mass is 35.5. The number of ketones is 1. The van der Waals surface area contributed by atoms with Crippen molar-refractivity contribution < 1.29 is 4.79 Å². The van der Waals surface area contributed by atoms with Crippen molar-refractivity contribution in [3.8, 4) is 11.3 Å². The average Bonchev–Trinajstić information content (AvgIpc) is 3.35. The largest absolute Gasteiger partial charge is 0.380 e. The van der Waals surface area contributed by atoms with E-state index in [1.165, 1.54) is 12.8 Å². The van der Waals surface area contributed by atoms with E-state index < -0.39 is 0 Å². The van der Waals surface area contributed by atoms with E-state index in [4.69, 9.17) is 17.3 Å². The minimum atomic E-state index is -0.373. The van der Waals surface area contributed by atoms with Crippen LogP contribution in [0.25, 0.3) is 16.9 Å². The molecule has 0 atom stereocenters. The first-order valence-corrected chi connectivity index (χ1v) is 10.3. The number of imidazole rings is 1. The highest BCUT2D eigenvalue weighted by molar-refractivity contribution is 6.29. The molecule has 1 aromatic carbocycles. The molecule has 2 aromatic heterocycles. The number of Topliss-reactive ketones (excluding diaryl/α,β-unsaturated/α-hetero) is 1. The summed E-state index contributed by atoms with van der Waals surface area (Å²) in [6, 6.07) is 7.64. The van der Waals surface area contributed by atoms with Crippen LogP contribution in [0.4, 0.5) is 5.69 Å². The fraction of sp³-hybridized carbons (Fsp3) is 0.409. The SMILES string of the molecule is Cc1cc(-c2cnc3c(NCC(C)(C)N)cc(Cl)nn23)ccc1C(=O)CC1CC1. The fourth-order valence-electron chi connectivity index (χ4n) is 3.42. The van der Waals surface area contributed by atoms with E-state index in [1.807, 2.05) is 39.0 Å². The molecule has 3 aromatic rings. The summed E-state index contributed by atoms with van der Waals surface area (Å²) in [5.41, 5.74) is 10.7. The Morgan fingerprint density at radius 3 is 2.76 bits per heavy atom. The second-order valence-electron chi connectivity index (χ2n) is 8.70. The number of aryl methyl sites for hydroxylation is 1. The second kappa shape index (κ2) is 7.43. The molecule has 0 saturated heterocycles. The molecule has 6 nitrogen and oxygen atoms in total. The van der Waals surface area contributed by atoms with Crippen molar-refractivity contribution in [3.63, 3.8) is 0 Å². The Balaban J connectivity index is 1.68. The van der Waals surface area contributed by atoms with Crippen LogP contribution in [0.3, 0.4) is 0 Å². The molecule has 29 heavy (non-hydrogen) atoms. The average molecular weight is 412 g/mol. The molecular formula is C22H26ClN5O. The maximum absolute atomic E-state index is 12.5. The van der Waals surface area contributed by atoms with Crippen molar-refractivity contribution in [1.82, 2.24) is 14.6 Å². The molecule has 1 aliphatic rings. The van der Waals surface area contributed by atoms with Gasteiger partial charge in [0.1, 0.15) is 0 Å². The lowest BCUT2D eigenvalue weighted by Gasteiger charge is -2.20. The molecule has 1 aliphatic carbocycles. The van der Waals surface area contributed by atoms with Gasteiger partial charge in [0.25, 0.3) is 0 Å². The third-order valence-corrected chi connectivity index (χ3v) is 5.35. The minimum Gasteiger partial charge on any atom is -0.380 e. The highest BCUT2D eigenvalue weighted by Crippen LogP contribution is 2.34. The first-order chi connectivity index (χ1) is 13.7. The smallest absolute Gasteiger partial charge is 0.177 e. The van der Waals surface area contributed by atoms with Crippen LogP contribution >= 0.6 is 11.6 Å². The fourth-order valence-corrected chi connectivity index (χ4v) is 3.60. The summed E-state index contributed by atoms with van der Waals surface area (Å²) in [6.07, 6.45) is 4.78. The van der Waals surface area contributed by atoms with Crippen molar-refractivity contribution >= 4 is 28.7 Å². The zero-order valence-electron chi connectivity index (χ0n) is 17.0. The first-order valence-electron chi connectivity index (χ1n) is 9.92. The van der Waals surface area contributed by atoms with E-state index in [9.17, 15) is 4.79 Å². The molecule has 2 heterocycles. The maximum Gasteiger partial charge on any atom is 0.177 e. The summed E-state index contributed by atoms with van der Waals surface area (Å²) in [7, 11) is 0. The van der Waals surface area contributed by atoms with Gasteiger partial charge < -0.3 is 11.1 Å². The van der Waals surface area contributed by atoms with Crippen LogP contribution in [-0.2, 0) is 0 Å². The minimum absolute atomic E-state index is 0.228. The number of fused-ring (bicyclic) bond motifs is 1. The van der Waals surface area contributed by atoms with Crippen molar-refractivity contribution in [2.75, 3.05) is 11.9 Å². The number of nitrogens with zero attached hydrogens (tertiary/aromatic N) is 3. The van der Waals surface area contributed by atoms with Gasteiger partial charge >= 0.3 is 0 Å². The van der Waals surface area contributed by atoms with E-state index in [1.54, 1.807) is 16.8 Å². The van der Waals surface area contributed by atoms with Crippen LogP contribution in [0.5, 0.6) is 0 Å². The molecule has 7 heteroatoms. The summed E-state index contributed by atoms with van der Waals surface area (Å²) in [6.45, 7) is 6.45. The Morgan fingerprint density at radius 2 is 2.10 bits per heavy atom. The Labute approximate surface area is 175 Å². The number of aromatic nitrogens is 3. The zero-order valence-corrected chi connectivity index (χ0v) is 17.8. The quantitative estimate of drug-likeness (QED) is 0.559. The number of nitrogens with one attached hydrogen (secondary N) is 1. The van der Waals surface area contributed by atoms with Gasteiger partial charge in [0.2, 0.25) is 0 Å². The van der Waals surface area contributed by atoms with E-state index in [2.05, 4.69) is 15.4 Å². The Morgan fingerprint density at radius 1 is 1.34 bits per heavy atom. The molecule has 4 rings (SSSR count). The summed E-state index contributed by atoms with van der Waals surface area (Å²) in [4.78, 5) is 17.0. The van der Waals surface area contributed by atoms with Crippen molar-refractivity contribution in [2.45, 2.75) is 45.6 Å². The molecule has 0 spiro atoms. The van der Waals surface area contributed by atoms with Crippen LogP contribution in [0.1, 0.15) is 49.0 Å². The molecule has 0 amide bonds. The van der Waals surface area contributed by atoms with Crippen LogP contribution < -0.4 is 11.1 Å². The van der Waals surface area contributed by atoms with Gasteiger partial charge in [-0.25, -0.2) is 9.50 Å². The molecule has 0 aliphatic heterocycles. The third-order valence-electron chi connectivity index (χ3n) is 5.17. The molecule has 152 valence electrons. The van der Waals surface area contributed by atoms with Crippen LogP contribution in [0.15, 0.2) is 30.5 Å². The molecule has 0 radical (unpaired) electrons. The lowest BCUT2D eigenvalue weighted by molar-refractivity contribution is 0.0975. The predicted octanol–water partition coefficient (Wildman–Crippen LogP) is 4.49. The van der Waals surface area contributed by atoms with Crippen LogP contribution in [0, 0.1) is 12.8 Å². The van der Waals surface area contributed by atoms with Gasteiger partial charge in [-0.15, -0.1) is 0 Å². The van der Waals surface area contributed by atoms with E-state index in [-0.39, 0.29) is 11.3 Å². The normalized spacial score (nSPS) is 14.4. The first kappa shape index (κ1) is 19.9. The van der Waals surface area contributed by atoms with Crippen molar-refractivity contribution in [3.05, 3.63) is 46.7 Å². The predicted molar refractivity (Wildman–Crippen MR) is 117 cm³/mol. The topological polar surface area (TPSA) is 85.3 Å². The standard InChI is InChI=1S/C22H26ClN5O/c1-13-8-15(6-7-16(13)19(29)9-14-4-5-14)18-11-25-21-17(26-12-22(2,3)24)10-20(23)27-28(18)21/h6-8,10-11,14,26H,4-5,9,12,24H2,1-3H3. The van der Waals surface area contributed by atoms with Gasteiger partial charge in [0, 0.05) is 35.7 Å². The van der Waals surface area contributed by atoms with Gasteiger partial charge in [-0.05, 0) is 51.2 Å². The molecular weight excluding hydrogens is 386 g/mol. The van der Waals surface area contributed by atoms with Crippen LogP contribution in [0.2, 0.25) is 5.15 Å². The molecule has 0 unspecified atom stereocenters. The molecule has 1 saturated carbocycles. The second-order valence-corrected chi connectivity index (χ2v) is 9.09.